The van der Waals surface area contributed by atoms with Crippen LogP contribution in [0.5, 0.6) is 0 Å². The van der Waals surface area contributed by atoms with E-state index < -0.39 is 15.8 Å². The molecule has 0 aliphatic heterocycles. The molecule has 0 spiro atoms. The Hall–Kier alpha value is -0.170. The van der Waals surface area contributed by atoms with Crippen LogP contribution in [-0.2, 0) is 10.0 Å². The summed E-state index contributed by atoms with van der Waals surface area (Å²) < 4.78 is 39.9. The van der Waals surface area contributed by atoms with Crippen molar-refractivity contribution in [3.05, 3.63) is 29.0 Å². The summed E-state index contributed by atoms with van der Waals surface area (Å²) in [5.74, 6) is -0.602. The molecular formula is C12H14BrClFNO2S. The van der Waals surface area contributed by atoms with Gasteiger partial charge in [0.1, 0.15) is 10.7 Å². The SMILES string of the molecule is O=S(=O)(c1cc(F)ccc1Cl)N(CCBr)C1CCC1. The molecule has 3 nitrogen and oxygen atoms in total. The largest absolute Gasteiger partial charge is 0.244 e. The second kappa shape index (κ2) is 6.08. The number of hydrogen-bond donors (Lipinski definition) is 0. The van der Waals surface area contributed by atoms with Crippen molar-refractivity contribution in [1.82, 2.24) is 4.31 Å². The molecule has 19 heavy (non-hydrogen) atoms. The second-order valence-corrected chi connectivity index (χ2v) is 7.52. The molecule has 1 aliphatic carbocycles. The van der Waals surface area contributed by atoms with Gasteiger partial charge in [-0.1, -0.05) is 34.0 Å². The molecule has 0 unspecified atom stereocenters. The first-order chi connectivity index (χ1) is 8.96. The highest BCUT2D eigenvalue weighted by atomic mass is 79.9. The van der Waals surface area contributed by atoms with Gasteiger partial charge in [0, 0.05) is 17.9 Å². The third-order valence-electron chi connectivity index (χ3n) is 3.27. The van der Waals surface area contributed by atoms with Crippen LogP contribution in [0.1, 0.15) is 19.3 Å². The maximum absolute atomic E-state index is 13.3. The van der Waals surface area contributed by atoms with Crippen molar-refractivity contribution in [2.24, 2.45) is 0 Å². The fraction of sp³-hybridized carbons (Fsp3) is 0.500. The third kappa shape index (κ3) is 3.12. The average molecular weight is 371 g/mol. The molecule has 1 aromatic rings. The van der Waals surface area contributed by atoms with Gasteiger partial charge in [0.05, 0.1) is 5.02 Å². The molecule has 7 heteroatoms. The Morgan fingerprint density at radius 1 is 1.42 bits per heavy atom. The molecule has 0 amide bonds. The molecule has 106 valence electrons. The van der Waals surface area contributed by atoms with E-state index in [0.29, 0.717) is 11.9 Å². The fourth-order valence-electron chi connectivity index (χ4n) is 2.06. The summed E-state index contributed by atoms with van der Waals surface area (Å²) in [5, 5.41) is 0.593. The smallest absolute Gasteiger partial charge is 0.207 e. The lowest BCUT2D eigenvalue weighted by Crippen LogP contribution is -2.45. The monoisotopic (exact) mass is 369 g/mol. The van der Waals surface area contributed by atoms with Gasteiger partial charge >= 0.3 is 0 Å². The van der Waals surface area contributed by atoms with Crippen molar-refractivity contribution in [1.29, 1.82) is 0 Å². The summed E-state index contributed by atoms with van der Waals surface area (Å²) in [5.41, 5.74) is 0. The zero-order chi connectivity index (χ0) is 14.0. The number of sulfonamides is 1. The van der Waals surface area contributed by atoms with E-state index in [4.69, 9.17) is 11.6 Å². The van der Waals surface area contributed by atoms with Crippen LogP contribution in [0.4, 0.5) is 4.39 Å². The van der Waals surface area contributed by atoms with Crippen LogP contribution in [0.15, 0.2) is 23.1 Å². The molecule has 1 aromatic carbocycles. The lowest BCUT2D eigenvalue weighted by molar-refractivity contribution is 0.228. The highest BCUT2D eigenvalue weighted by Gasteiger charge is 2.35. The average Bonchev–Trinajstić information content (AvgIpc) is 2.29. The molecule has 0 aromatic heterocycles. The Bertz CT molecular complexity index is 563. The zero-order valence-electron chi connectivity index (χ0n) is 10.2. The van der Waals surface area contributed by atoms with Gasteiger partial charge in [0.2, 0.25) is 10.0 Å². The topological polar surface area (TPSA) is 37.4 Å². The molecule has 0 radical (unpaired) electrons. The molecule has 0 heterocycles. The number of hydrogen-bond acceptors (Lipinski definition) is 2. The molecular weight excluding hydrogens is 357 g/mol. The summed E-state index contributed by atoms with van der Waals surface area (Å²) in [6.45, 7) is 0.361. The zero-order valence-corrected chi connectivity index (χ0v) is 13.3. The van der Waals surface area contributed by atoms with Gasteiger partial charge in [-0.25, -0.2) is 12.8 Å². The van der Waals surface area contributed by atoms with E-state index in [1.807, 2.05) is 0 Å². The van der Waals surface area contributed by atoms with E-state index in [2.05, 4.69) is 15.9 Å². The highest BCUT2D eigenvalue weighted by Crippen LogP contribution is 2.32. The summed E-state index contributed by atoms with van der Waals surface area (Å²) in [4.78, 5) is -0.151. The lowest BCUT2D eigenvalue weighted by Gasteiger charge is -2.36. The van der Waals surface area contributed by atoms with Crippen LogP contribution in [-0.4, -0.2) is 30.6 Å². The van der Waals surface area contributed by atoms with Crippen molar-refractivity contribution in [2.45, 2.75) is 30.2 Å². The van der Waals surface area contributed by atoms with Crippen LogP contribution in [0.3, 0.4) is 0 Å². The first-order valence-corrected chi connectivity index (χ1v) is 8.93. The minimum Gasteiger partial charge on any atom is -0.207 e. The van der Waals surface area contributed by atoms with Crippen LogP contribution < -0.4 is 0 Å². The van der Waals surface area contributed by atoms with E-state index in [-0.39, 0.29) is 16.0 Å². The van der Waals surface area contributed by atoms with E-state index in [9.17, 15) is 12.8 Å². The minimum absolute atomic E-state index is 0.00174. The Balaban J connectivity index is 2.40. The van der Waals surface area contributed by atoms with E-state index >= 15 is 0 Å². The summed E-state index contributed by atoms with van der Waals surface area (Å²) in [6, 6.07) is 3.41. The maximum Gasteiger partial charge on any atom is 0.244 e. The molecule has 1 fully saturated rings. The number of alkyl halides is 1. The number of halogens is 3. The van der Waals surface area contributed by atoms with E-state index in [1.165, 1.54) is 10.4 Å². The van der Waals surface area contributed by atoms with Crippen LogP contribution >= 0.6 is 27.5 Å². The summed E-state index contributed by atoms with van der Waals surface area (Å²) in [7, 11) is -3.75. The second-order valence-electron chi connectivity index (χ2n) is 4.46. The van der Waals surface area contributed by atoms with Crippen molar-refractivity contribution in [3.63, 3.8) is 0 Å². The van der Waals surface area contributed by atoms with Crippen LogP contribution in [0.25, 0.3) is 0 Å². The quantitative estimate of drug-likeness (QED) is 0.745. The standard InChI is InChI=1S/C12H14BrClFNO2S/c13-6-7-16(10-2-1-3-10)19(17,18)12-8-9(15)4-5-11(12)14/h4-5,8,10H,1-3,6-7H2. The molecule has 0 bridgehead atoms. The first-order valence-electron chi connectivity index (χ1n) is 5.99. The Morgan fingerprint density at radius 2 is 2.11 bits per heavy atom. The van der Waals surface area contributed by atoms with E-state index in [0.717, 1.165) is 31.4 Å². The normalized spacial score (nSPS) is 16.6. The van der Waals surface area contributed by atoms with Crippen LogP contribution in [0.2, 0.25) is 5.02 Å². The fourth-order valence-corrected chi connectivity index (χ4v) is 4.85. The van der Waals surface area contributed by atoms with E-state index in [1.54, 1.807) is 0 Å². The lowest BCUT2D eigenvalue weighted by atomic mass is 9.93. The molecule has 0 atom stereocenters. The molecule has 2 rings (SSSR count). The number of rotatable bonds is 5. The van der Waals surface area contributed by atoms with Gasteiger partial charge in [-0.3, -0.25) is 0 Å². The van der Waals surface area contributed by atoms with Crippen molar-refractivity contribution >= 4 is 37.6 Å². The summed E-state index contributed by atoms with van der Waals surface area (Å²) >= 11 is 9.16. The number of nitrogens with zero attached hydrogens (tertiary/aromatic N) is 1. The summed E-state index contributed by atoms with van der Waals surface area (Å²) in [6.07, 6.45) is 2.72. The van der Waals surface area contributed by atoms with Crippen molar-refractivity contribution in [3.8, 4) is 0 Å². The third-order valence-corrected chi connectivity index (χ3v) is 6.05. The Kier molecular flexibility index (Phi) is 4.87. The predicted octanol–water partition coefficient (Wildman–Crippen LogP) is 3.42. The van der Waals surface area contributed by atoms with Gasteiger partial charge in [0.25, 0.3) is 0 Å². The van der Waals surface area contributed by atoms with Crippen LogP contribution in [0, 0.1) is 5.82 Å². The van der Waals surface area contributed by atoms with Crippen molar-refractivity contribution < 1.29 is 12.8 Å². The van der Waals surface area contributed by atoms with Gasteiger partial charge < -0.3 is 0 Å². The molecule has 0 saturated heterocycles. The Labute approximate surface area is 125 Å². The van der Waals surface area contributed by atoms with Gasteiger partial charge in [-0.2, -0.15) is 4.31 Å². The van der Waals surface area contributed by atoms with Gasteiger partial charge in [0.15, 0.2) is 0 Å². The molecule has 0 N–H and O–H groups in total. The predicted molar refractivity (Wildman–Crippen MR) is 76.7 cm³/mol. The minimum atomic E-state index is -3.75. The maximum atomic E-state index is 13.3. The highest BCUT2D eigenvalue weighted by molar-refractivity contribution is 9.09. The number of benzene rings is 1. The molecule has 1 aliphatic rings. The first kappa shape index (κ1) is 15.2. The van der Waals surface area contributed by atoms with Crippen molar-refractivity contribution in [2.75, 3.05) is 11.9 Å². The van der Waals surface area contributed by atoms with Gasteiger partial charge in [-0.15, -0.1) is 0 Å². The Morgan fingerprint density at radius 3 is 2.63 bits per heavy atom. The molecule has 1 saturated carbocycles. The van der Waals surface area contributed by atoms with Gasteiger partial charge in [-0.05, 0) is 31.0 Å².